The Morgan fingerprint density at radius 3 is 2.95 bits per heavy atom. The van der Waals surface area contributed by atoms with Crippen molar-refractivity contribution < 1.29 is 13.9 Å². The van der Waals surface area contributed by atoms with Crippen LogP contribution in [0.3, 0.4) is 0 Å². The van der Waals surface area contributed by atoms with E-state index in [4.69, 9.17) is 9.15 Å². The van der Waals surface area contributed by atoms with Gasteiger partial charge < -0.3 is 14.5 Å². The number of fused-ring (bicyclic) bond motifs is 1. The molecule has 1 aromatic heterocycles. The number of nitrogens with one attached hydrogen (secondary N) is 1. The minimum atomic E-state index is 0.0999. The molecule has 2 aliphatic rings. The van der Waals surface area contributed by atoms with E-state index in [0.29, 0.717) is 25.8 Å². The number of carbonyl (C=O) groups is 1. The average molecular weight is 306 g/mol. The number of nitrogens with zero attached hydrogens (tertiary/aromatic N) is 1. The average Bonchev–Trinajstić information content (AvgIpc) is 2.94. The topological polar surface area (TPSA) is 54.7 Å². The highest BCUT2D eigenvalue weighted by Crippen LogP contribution is 2.30. The molecule has 3 rings (SSSR count). The zero-order chi connectivity index (χ0) is 15.4. The van der Waals surface area contributed by atoms with Gasteiger partial charge in [0.15, 0.2) is 0 Å². The molecular formula is C17H26N2O3. The molecule has 1 amide bonds. The first-order valence-corrected chi connectivity index (χ1v) is 8.39. The molecule has 1 aliphatic heterocycles. The third-order valence-electron chi connectivity index (χ3n) is 4.76. The molecule has 1 saturated heterocycles. The van der Waals surface area contributed by atoms with Crippen molar-refractivity contribution in [3.63, 3.8) is 0 Å². The molecular weight excluding hydrogens is 280 g/mol. The summed E-state index contributed by atoms with van der Waals surface area (Å²) in [5.41, 5.74) is 0. The van der Waals surface area contributed by atoms with Crippen LogP contribution >= 0.6 is 0 Å². The maximum Gasteiger partial charge on any atom is 0.224 e. The maximum atomic E-state index is 12.5. The molecule has 22 heavy (non-hydrogen) atoms. The van der Waals surface area contributed by atoms with Gasteiger partial charge in [0.05, 0.1) is 25.7 Å². The summed E-state index contributed by atoms with van der Waals surface area (Å²) < 4.78 is 11.4. The predicted molar refractivity (Wildman–Crippen MR) is 83.4 cm³/mol. The van der Waals surface area contributed by atoms with Gasteiger partial charge >= 0.3 is 0 Å². The normalized spacial score (nSPS) is 28.0. The fourth-order valence-electron chi connectivity index (χ4n) is 3.65. The van der Waals surface area contributed by atoms with Crippen molar-refractivity contribution in [2.24, 2.45) is 5.92 Å². The summed E-state index contributed by atoms with van der Waals surface area (Å²) in [5.74, 6) is 2.20. The van der Waals surface area contributed by atoms with Crippen LogP contribution in [0.1, 0.15) is 37.2 Å². The van der Waals surface area contributed by atoms with Crippen LogP contribution in [0.25, 0.3) is 0 Å². The van der Waals surface area contributed by atoms with Crippen LogP contribution in [0, 0.1) is 12.8 Å². The number of amides is 1. The zero-order valence-corrected chi connectivity index (χ0v) is 13.3. The minimum Gasteiger partial charge on any atom is -0.465 e. The number of furan rings is 1. The van der Waals surface area contributed by atoms with E-state index in [2.05, 4.69) is 10.2 Å². The van der Waals surface area contributed by atoms with Gasteiger partial charge in [0, 0.05) is 19.1 Å². The van der Waals surface area contributed by atoms with Gasteiger partial charge in [-0.15, -0.1) is 0 Å². The fourth-order valence-corrected chi connectivity index (χ4v) is 3.65. The van der Waals surface area contributed by atoms with Crippen LogP contribution in [-0.4, -0.2) is 43.2 Å². The second-order valence-electron chi connectivity index (χ2n) is 6.34. The van der Waals surface area contributed by atoms with E-state index in [9.17, 15) is 4.79 Å². The first kappa shape index (κ1) is 15.6. The van der Waals surface area contributed by atoms with Crippen LogP contribution in [0.15, 0.2) is 16.5 Å². The molecule has 2 heterocycles. The molecule has 2 unspecified atom stereocenters. The summed E-state index contributed by atoms with van der Waals surface area (Å²) in [4.78, 5) is 14.8. The van der Waals surface area contributed by atoms with E-state index in [-0.39, 0.29) is 11.8 Å². The standard InChI is InChI=1S/C17H26N2O3/c1-13-6-7-14(22-13)12-19-9-11-21-10-8-18-17(20)15-4-2-3-5-16(15)19/h6-7,15-16H,2-5,8-12H2,1H3,(H,18,20). The van der Waals surface area contributed by atoms with Gasteiger partial charge in [-0.25, -0.2) is 0 Å². The second kappa shape index (κ2) is 7.29. The van der Waals surface area contributed by atoms with Crippen molar-refractivity contribution in [2.75, 3.05) is 26.3 Å². The number of hydrogen-bond acceptors (Lipinski definition) is 4. The second-order valence-corrected chi connectivity index (χ2v) is 6.34. The lowest BCUT2D eigenvalue weighted by molar-refractivity contribution is -0.130. The number of rotatable bonds is 2. The quantitative estimate of drug-likeness (QED) is 0.909. The monoisotopic (exact) mass is 306 g/mol. The van der Waals surface area contributed by atoms with Crippen molar-refractivity contribution >= 4 is 5.91 Å². The van der Waals surface area contributed by atoms with Crippen LogP contribution in [-0.2, 0) is 16.1 Å². The lowest BCUT2D eigenvalue weighted by atomic mass is 9.82. The fraction of sp³-hybridized carbons (Fsp3) is 0.706. The van der Waals surface area contributed by atoms with E-state index in [0.717, 1.165) is 43.9 Å². The molecule has 0 bridgehead atoms. The summed E-state index contributed by atoms with van der Waals surface area (Å²) in [6.07, 6.45) is 4.42. The van der Waals surface area contributed by atoms with E-state index in [1.54, 1.807) is 0 Å². The Bertz CT molecular complexity index is 500. The molecule has 0 spiro atoms. The largest absolute Gasteiger partial charge is 0.465 e. The van der Waals surface area contributed by atoms with E-state index in [1.165, 1.54) is 6.42 Å². The van der Waals surface area contributed by atoms with E-state index >= 15 is 0 Å². The summed E-state index contributed by atoms with van der Waals surface area (Å²) >= 11 is 0. The number of ether oxygens (including phenoxy) is 1. The van der Waals surface area contributed by atoms with Gasteiger partial charge in [-0.1, -0.05) is 12.8 Å². The Morgan fingerprint density at radius 1 is 1.27 bits per heavy atom. The van der Waals surface area contributed by atoms with Gasteiger partial charge in [-0.05, 0) is 31.9 Å². The van der Waals surface area contributed by atoms with Crippen LogP contribution < -0.4 is 5.32 Å². The molecule has 1 aliphatic carbocycles. The Balaban J connectivity index is 1.77. The summed E-state index contributed by atoms with van der Waals surface area (Å²) in [6, 6.07) is 4.33. The van der Waals surface area contributed by atoms with E-state index in [1.807, 2.05) is 19.1 Å². The first-order chi connectivity index (χ1) is 10.7. The van der Waals surface area contributed by atoms with E-state index < -0.39 is 0 Å². The van der Waals surface area contributed by atoms with Gasteiger partial charge in [0.1, 0.15) is 11.5 Å². The third kappa shape index (κ3) is 3.70. The molecule has 2 fully saturated rings. The van der Waals surface area contributed by atoms with Crippen molar-refractivity contribution in [3.05, 3.63) is 23.7 Å². The third-order valence-corrected chi connectivity index (χ3v) is 4.76. The summed E-state index contributed by atoms with van der Waals surface area (Å²) in [6.45, 7) is 5.50. The molecule has 1 N–H and O–H groups in total. The van der Waals surface area contributed by atoms with Crippen molar-refractivity contribution in [3.8, 4) is 0 Å². The van der Waals surface area contributed by atoms with Crippen molar-refractivity contribution in [1.29, 1.82) is 0 Å². The number of carbonyl (C=O) groups excluding carboxylic acids is 1. The van der Waals surface area contributed by atoms with Gasteiger partial charge in [-0.3, -0.25) is 9.69 Å². The van der Waals surface area contributed by atoms with Crippen LogP contribution in [0.4, 0.5) is 0 Å². The molecule has 0 aromatic carbocycles. The number of aryl methyl sites for hydroxylation is 1. The SMILES string of the molecule is Cc1ccc(CN2CCOCCNC(=O)C3CCCCC32)o1. The zero-order valence-electron chi connectivity index (χ0n) is 13.3. The van der Waals surface area contributed by atoms with Gasteiger partial charge in [0.25, 0.3) is 0 Å². The highest BCUT2D eigenvalue weighted by Gasteiger charge is 2.35. The summed E-state index contributed by atoms with van der Waals surface area (Å²) in [7, 11) is 0. The molecule has 1 aromatic rings. The summed E-state index contributed by atoms with van der Waals surface area (Å²) in [5, 5.41) is 3.03. The molecule has 5 nitrogen and oxygen atoms in total. The lowest BCUT2D eigenvalue weighted by Gasteiger charge is -2.39. The highest BCUT2D eigenvalue weighted by molar-refractivity contribution is 5.79. The molecule has 0 radical (unpaired) electrons. The van der Waals surface area contributed by atoms with Crippen molar-refractivity contribution in [1.82, 2.24) is 10.2 Å². The Hall–Kier alpha value is -1.33. The molecule has 2 atom stereocenters. The lowest BCUT2D eigenvalue weighted by Crippen LogP contribution is -2.50. The van der Waals surface area contributed by atoms with Crippen LogP contribution in [0.2, 0.25) is 0 Å². The van der Waals surface area contributed by atoms with Crippen molar-refractivity contribution in [2.45, 2.75) is 45.2 Å². The van der Waals surface area contributed by atoms with Gasteiger partial charge in [-0.2, -0.15) is 0 Å². The van der Waals surface area contributed by atoms with Crippen LogP contribution in [0.5, 0.6) is 0 Å². The first-order valence-electron chi connectivity index (χ1n) is 8.39. The van der Waals surface area contributed by atoms with Gasteiger partial charge in [0.2, 0.25) is 5.91 Å². The predicted octanol–water partition coefficient (Wildman–Crippen LogP) is 2.10. The molecule has 5 heteroatoms. The maximum absolute atomic E-state index is 12.5. The highest BCUT2D eigenvalue weighted by atomic mass is 16.5. The Kier molecular flexibility index (Phi) is 5.16. The molecule has 1 saturated carbocycles. The minimum absolute atomic E-state index is 0.0999. The smallest absolute Gasteiger partial charge is 0.224 e. The molecule has 122 valence electrons. The Morgan fingerprint density at radius 2 is 2.14 bits per heavy atom. The number of hydrogen-bond donors (Lipinski definition) is 1. The Labute approximate surface area is 132 Å².